The first-order chi connectivity index (χ1) is 19.0. The lowest BCUT2D eigenvalue weighted by Gasteiger charge is -2.49. The van der Waals surface area contributed by atoms with E-state index in [1.807, 2.05) is 4.57 Å². The Morgan fingerprint density at radius 3 is 2.75 bits per heavy atom. The number of carbonyl (C=O) groups is 4. The highest BCUT2D eigenvalue weighted by molar-refractivity contribution is 8.00. The van der Waals surface area contributed by atoms with Gasteiger partial charge in [0.2, 0.25) is 6.61 Å². The van der Waals surface area contributed by atoms with Gasteiger partial charge in [0.1, 0.15) is 52.3 Å². The Morgan fingerprint density at radius 1 is 1.30 bits per heavy atom. The fraction of sp³-hybridized carbons (Fsp3) is 0.227. The molecule has 1 fully saturated rings. The van der Waals surface area contributed by atoms with Crippen LogP contribution in [0.25, 0.3) is 5.65 Å². The maximum Gasteiger partial charge on any atom is 0.352 e. The summed E-state index contributed by atoms with van der Waals surface area (Å²) in [6.45, 7) is -0.637. The zero-order chi connectivity index (χ0) is 28.7. The first-order valence-electron chi connectivity index (χ1n) is 11.3. The SMILES string of the molecule is Nc1nc(/C(=N/OCC(=O)O)C(=O)N[C@@H]2C(=O)N3C(C(=O)O)=C(C[n+]4ccn5cc(Cl)ccc54)CS[C@H]23)c(Cl)s1. The molecule has 0 aliphatic carbocycles. The van der Waals surface area contributed by atoms with Crippen molar-refractivity contribution in [1.82, 2.24) is 19.6 Å². The van der Waals surface area contributed by atoms with Gasteiger partial charge in [-0.2, -0.15) is 0 Å². The van der Waals surface area contributed by atoms with E-state index in [4.69, 9.17) is 38.9 Å². The van der Waals surface area contributed by atoms with Crippen molar-refractivity contribution in [2.75, 3.05) is 18.1 Å². The summed E-state index contributed by atoms with van der Waals surface area (Å²) >= 11 is 14.3. The second-order valence-electron chi connectivity index (χ2n) is 8.44. The molecule has 2 aliphatic rings. The van der Waals surface area contributed by atoms with Crippen LogP contribution in [0.3, 0.4) is 0 Å². The van der Waals surface area contributed by atoms with Crippen LogP contribution in [0.1, 0.15) is 5.69 Å². The summed E-state index contributed by atoms with van der Waals surface area (Å²) in [6.07, 6.45) is 5.28. The topological polar surface area (TPSA) is 193 Å². The first kappa shape index (κ1) is 27.7. The predicted molar refractivity (Wildman–Crippen MR) is 144 cm³/mol. The number of fused-ring (bicyclic) bond motifs is 2. The lowest BCUT2D eigenvalue weighted by atomic mass is 10.0. The summed E-state index contributed by atoms with van der Waals surface area (Å²) in [5, 5.41) is 24.7. The maximum absolute atomic E-state index is 13.1. The number of pyridine rings is 1. The number of carbonyl (C=O) groups excluding carboxylic acids is 2. The molecule has 14 nitrogen and oxygen atoms in total. The highest BCUT2D eigenvalue weighted by atomic mass is 35.5. The number of nitrogens with two attached hydrogens (primary N) is 1. The summed E-state index contributed by atoms with van der Waals surface area (Å²) in [5.41, 5.74) is 6.13. The van der Waals surface area contributed by atoms with E-state index in [9.17, 15) is 24.3 Å². The Kier molecular flexibility index (Phi) is 7.59. The third-order valence-corrected chi connectivity index (χ3v) is 8.55. The van der Waals surface area contributed by atoms with Crippen LogP contribution in [0.4, 0.5) is 5.13 Å². The van der Waals surface area contributed by atoms with Crippen molar-refractivity contribution in [3.8, 4) is 0 Å². The zero-order valence-electron chi connectivity index (χ0n) is 20.0. The van der Waals surface area contributed by atoms with Crippen LogP contribution in [0.5, 0.6) is 0 Å². The molecule has 0 spiro atoms. The van der Waals surface area contributed by atoms with Gasteiger partial charge in [0.25, 0.3) is 17.5 Å². The normalized spacial score (nSPS) is 18.9. The van der Waals surface area contributed by atoms with Gasteiger partial charge in [-0.3, -0.25) is 14.5 Å². The number of anilines is 1. The number of carboxylic acids is 2. The molecule has 3 aromatic heterocycles. The van der Waals surface area contributed by atoms with E-state index in [1.165, 1.54) is 11.8 Å². The molecule has 2 aliphatic heterocycles. The molecule has 0 radical (unpaired) electrons. The van der Waals surface area contributed by atoms with E-state index >= 15 is 0 Å². The minimum Gasteiger partial charge on any atom is -0.479 e. The van der Waals surface area contributed by atoms with Crippen molar-refractivity contribution >= 4 is 86.5 Å². The number of β-lactam (4-membered cyclic amide) rings is 1. The van der Waals surface area contributed by atoms with Gasteiger partial charge in [0.15, 0.2) is 10.8 Å². The monoisotopic (exact) mass is 626 g/mol. The number of thiazole rings is 1. The summed E-state index contributed by atoms with van der Waals surface area (Å²) in [6, 6.07) is 2.41. The third-order valence-electron chi connectivity index (χ3n) is 5.90. The molecule has 5 rings (SSSR count). The van der Waals surface area contributed by atoms with Gasteiger partial charge in [0.05, 0.1) is 5.02 Å². The Labute approximate surface area is 242 Å². The Hall–Kier alpha value is -3.86. The number of nitrogens with zero attached hydrogens (tertiary/aromatic N) is 5. The van der Waals surface area contributed by atoms with Crippen LogP contribution < -0.4 is 15.6 Å². The Bertz CT molecular complexity index is 1640. The van der Waals surface area contributed by atoms with Crippen molar-refractivity contribution in [2.24, 2.45) is 5.16 Å². The fourth-order valence-electron chi connectivity index (χ4n) is 4.24. The van der Waals surface area contributed by atoms with Crippen LogP contribution in [0.15, 0.2) is 47.1 Å². The van der Waals surface area contributed by atoms with Gasteiger partial charge in [0, 0.05) is 17.4 Å². The molecule has 5 N–H and O–H groups in total. The smallest absolute Gasteiger partial charge is 0.352 e. The largest absolute Gasteiger partial charge is 0.479 e. The highest BCUT2D eigenvalue weighted by Crippen LogP contribution is 2.40. The van der Waals surface area contributed by atoms with Gasteiger partial charge in [-0.15, -0.1) is 11.8 Å². The number of halogens is 2. The average Bonchev–Trinajstić information content (AvgIpc) is 3.45. The molecule has 3 aromatic rings. The van der Waals surface area contributed by atoms with Gasteiger partial charge in [-0.25, -0.2) is 23.5 Å². The van der Waals surface area contributed by atoms with Gasteiger partial charge < -0.3 is 26.1 Å². The minimum absolute atomic E-state index is 0.00219. The standard InChI is InChI=1S/C22H17Cl2N7O7S2/c23-10-1-2-11-29(3-4-30(11)6-10)5-9-8-39-20-15(19(35)31(20)16(9)21(36)37)26-18(34)14(28-38-7-12(32)33)13-17(24)40-22(25)27-13/h1-4,6,15,20H,5,7-8H2,(H4-,25,26,27,32,33,34,36,37)/p+1/b28-14-/t15-,20-/m1/s1. The second kappa shape index (κ2) is 11.0. The predicted octanol–water partition coefficient (Wildman–Crippen LogP) is 0.816. The third kappa shape index (κ3) is 5.17. The average molecular weight is 627 g/mol. The van der Waals surface area contributed by atoms with Crippen molar-refractivity contribution < 1.29 is 38.8 Å². The zero-order valence-corrected chi connectivity index (χ0v) is 23.1. The molecule has 2 amide bonds. The minimum atomic E-state index is -1.34. The maximum atomic E-state index is 13.1. The summed E-state index contributed by atoms with van der Waals surface area (Å²) in [7, 11) is 0. The van der Waals surface area contributed by atoms with Gasteiger partial charge in [-0.05, 0) is 6.07 Å². The van der Waals surface area contributed by atoms with Crippen LogP contribution in [0.2, 0.25) is 9.36 Å². The summed E-state index contributed by atoms with van der Waals surface area (Å²) in [5.74, 6) is -3.92. The molecule has 18 heteroatoms. The number of hydrogen-bond donors (Lipinski definition) is 4. The van der Waals surface area contributed by atoms with E-state index in [2.05, 4.69) is 15.5 Å². The van der Waals surface area contributed by atoms with E-state index in [0.29, 0.717) is 10.6 Å². The van der Waals surface area contributed by atoms with E-state index in [0.717, 1.165) is 21.9 Å². The molecule has 2 atom stereocenters. The van der Waals surface area contributed by atoms with Crippen molar-refractivity contribution in [3.63, 3.8) is 0 Å². The summed E-state index contributed by atoms with van der Waals surface area (Å²) in [4.78, 5) is 59.1. The molecule has 208 valence electrons. The molecule has 0 aromatic carbocycles. The molecular formula is C22H18Cl2N7O7S2+. The number of nitrogen functional groups attached to an aromatic ring is 1. The molecule has 40 heavy (non-hydrogen) atoms. The lowest BCUT2D eigenvalue weighted by molar-refractivity contribution is -0.662. The van der Waals surface area contributed by atoms with Crippen LogP contribution in [0, 0.1) is 0 Å². The van der Waals surface area contributed by atoms with E-state index in [1.54, 1.807) is 35.1 Å². The number of aromatic nitrogens is 3. The number of aliphatic carboxylic acids is 2. The Morgan fingerprint density at radius 2 is 2.08 bits per heavy atom. The second-order valence-corrected chi connectivity index (χ2v) is 11.6. The highest BCUT2D eigenvalue weighted by Gasteiger charge is 2.54. The number of oxime groups is 1. The quantitative estimate of drug-likeness (QED) is 0.114. The molecular weight excluding hydrogens is 609 g/mol. The fourth-order valence-corrected chi connectivity index (χ4v) is 6.67. The number of hydrogen-bond acceptors (Lipinski definition) is 10. The number of amides is 2. The van der Waals surface area contributed by atoms with Gasteiger partial charge in [-0.1, -0.05) is 39.7 Å². The van der Waals surface area contributed by atoms with Crippen LogP contribution in [-0.4, -0.2) is 77.7 Å². The number of rotatable bonds is 9. The molecule has 0 saturated carbocycles. The molecule has 0 unspecified atom stereocenters. The van der Waals surface area contributed by atoms with Crippen LogP contribution >= 0.6 is 46.3 Å². The summed E-state index contributed by atoms with van der Waals surface area (Å²) < 4.78 is 3.63. The van der Waals surface area contributed by atoms with Gasteiger partial charge >= 0.3 is 11.9 Å². The van der Waals surface area contributed by atoms with Crippen molar-refractivity contribution in [2.45, 2.75) is 18.0 Å². The number of nitrogens with one attached hydrogen (secondary N) is 1. The molecule has 1 saturated heterocycles. The molecule has 0 bridgehead atoms. The lowest BCUT2D eigenvalue weighted by Crippen LogP contribution is -2.71. The number of thioether (sulfide) groups is 1. The Balaban J connectivity index is 1.37. The van der Waals surface area contributed by atoms with Crippen molar-refractivity contribution in [1.29, 1.82) is 0 Å². The molecule has 5 heterocycles. The number of carboxylic acid groups (broad SMARTS) is 2. The number of imidazole rings is 1. The first-order valence-corrected chi connectivity index (χ1v) is 13.9. The van der Waals surface area contributed by atoms with E-state index in [-0.39, 0.29) is 33.2 Å². The van der Waals surface area contributed by atoms with Crippen molar-refractivity contribution in [3.05, 3.63) is 57.0 Å². The van der Waals surface area contributed by atoms with E-state index < -0.39 is 47.5 Å². The van der Waals surface area contributed by atoms with Crippen LogP contribution in [-0.2, 0) is 30.6 Å².